The van der Waals surface area contributed by atoms with E-state index in [9.17, 15) is 14.7 Å². The molecular weight excluding hydrogens is 474 g/mol. The Morgan fingerprint density at radius 2 is 1.72 bits per heavy atom. The van der Waals surface area contributed by atoms with E-state index in [0.29, 0.717) is 18.7 Å². The van der Waals surface area contributed by atoms with Gasteiger partial charge in [-0.2, -0.15) is 0 Å². The number of hydrogen-bond acceptors (Lipinski definition) is 6. The molecule has 0 saturated carbocycles. The molecule has 184 valence electrons. The molecule has 0 radical (unpaired) electrons. The fourth-order valence-corrected chi connectivity index (χ4v) is 5.41. The number of piperazine rings is 1. The van der Waals surface area contributed by atoms with Gasteiger partial charge in [0.05, 0.1) is 11.4 Å². The number of nitrogens with zero attached hydrogens (tertiary/aromatic N) is 3. The lowest BCUT2D eigenvalue weighted by Crippen LogP contribution is -2.46. The van der Waals surface area contributed by atoms with Crippen LogP contribution < -0.4 is 9.21 Å². The molecule has 36 heavy (non-hydrogen) atoms. The summed E-state index contributed by atoms with van der Waals surface area (Å²) in [6.07, 6.45) is 1.80. The Morgan fingerprint density at radius 1 is 0.972 bits per heavy atom. The molecule has 4 aromatic rings. The summed E-state index contributed by atoms with van der Waals surface area (Å²) in [4.78, 5) is 27.7. The Labute approximate surface area is 214 Å². The molecule has 1 aromatic heterocycles. The minimum atomic E-state index is -1.08. The van der Waals surface area contributed by atoms with Gasteiger partial charge < -0.3 is 23.6 Å². The van der Waals surface area contributed by atoms with E-state index in [1.54, 1.807) is 18.0 Å². The Bertz CT molecular complexity index is 1350. The molecule has 0 unspecified atom stereocenters. The van der Waals surface area contributed by atoms with Gasteiger partial charge in [0.1, 0.15) is 5.58 Å². The number of furan rings is 1. The quantitative estimate of drug-likeness (QED) is 0.251. The molecule has 1 aliphatic rings. The Kier molecular flexibility index (Phi) is 7.13. The average molecular weight is 502 g/mol. The summed E-state index contributed by atoms with van der Waals surface area (Å²) in [5.41, 5.74) is 4.07. The summed E-state index contributed by atoms with van der Waals surface area (Å²) >= 11 is 1.63. The van der Waals surface area contributed by atoms with Crippen LogP contribution in [0.2, 0.25) is 0 Å². The van der Waals surface area contributed by atoms with Gasteiger partial charge in [0.15, 0.2) is 0 Å². The second-order valence-corrected chi connectivity index (χ2v) is 9.76. The van der Waals surface area contributed by atoms with Crippen molar-refractivity contribution in [2.45, 2.75) is 11.3 Å². The molecule has 0 bridgehead atoms. The molecule has 7 nitrogen and oxygen atoms in total. The van der Waals surface area contributed by atoms with E-state index in [-0.39, 0.29) is 5.76 Å². The highest BCUT2D eigenvalue weighted by atomic mass is 32.2. The largest absolute Gasteiger partial charge is 0.475 e. The Balaban J connectivity index is 1.45. The van der Waals surface area contributed by atoms with Crippen molar-refractivity contribution in [2.24, 2.45) is 0 Å². The summed E-state index contributed by atoms with van der Waals surface area (Å²) in [5.74, 6) is -1.14. The van der Waals surface area contributed by atoms with Gasteiger partial charge in [-0.25, -0.2) is 4.79 Å². The Hall–Kier alpha value is -3.91. The van der Waals surface area contributed by atoms with Crippen LogP contribution in [-0.2, 0) is 11.2 Å². The van der Waals surface area contributed by atoms with Crippen LogP contribution in [0.1, 0.15) is 16.1 Å². The van der Waals surface area contributed by atoms with Crippen LogP contribution in [0.3, 0.4) is 0 Å². The van der Waals surface area contributed by atoms with Crippen molar-refractivity contribution in [1.29, 1.82) is 0 Å². The maximum Gasteiger partial charge on any atom is 0.371 e. The smallest absolute Gasteiger partial charge is 0.371 e. The third kappa shape index (κ3) is 5.33. The van der Waals surface area contributed by atoms with E-state index >= 15 is 0 Å². The zero-order valence-corrected chi connectivity index (χ0v) is 20.6. The second kappa shape index (κ2) is 10.8. The van der Waals surface area contributed by atoms with Gasteiger partial charge in [0.25, 0.3) is 0 Å². The van der Waals surface area contributed by atoms with E-state index in [2.05, 4.69) is 57.7 Å². The van der Waals surface area contributed by atoms with Crippen LogP contribution in [0.25, 0.3) is 11.0 Å². The van der Waals surface area contributed by atoms with Crippen LogP contribution in [0.15, 0.2) is 88.2 Å². The third-order valence-corrected chi connectivity index (χ3v) is 7.38. The SMILES string of the molecule is O=CN1CCN(c2ccccc2N(CCc2ccccc2)Sc2ccc3oc(C(=O)O)cc3c2)CC1. The fraction of sp³-hybridized carbons (Fsp3) is 0.214. The van der Waals surface area contributed by atoms with Crippen molar-refractivity contribution in [1.82, 2.24) is 4.90 Å². The number of carboxylic acid groups (broad SMARTS) is 1. The van der Waals surface area contributed by atoms with Crippen LogP contribution >= 0.6 is 11.9 Å². The second-order valence-electron chi connectivity index (χ2n) is 8.66. The fourth-order valence-electron chi connectivity index (χ4n) is 4.41. The minimum Gasteiger partial charge on any atom is -0.475 e. The number of rotatable bonds is 9. The molecule has 5 rings (SSSR count). The lowest BCUT2D eigenvalue weighted by atomic mass is 10.1. The van der Waals surface area contributed by atoms with Gasteiger partial charge in [-0.15, -0.1) is 0 Å². The molecule has 1 amide bonds. The number of carboxylic acids is 1. The molecule has 0 aliphatic carbocycles. The normalized spacial score (nSPS) is 13.7. The van der Waals surface area contributed by atoms with E-state index < -0.39 is 5.97 Å². The predicted molar refractivity (Wildman–Crippen MR) is 143 cm³/mol. The molecule has 8 heteroatoms. The zero-order valence-electron chi connectivity index (χ0n) is 19.7. The number of benzene rings is 3. The average Bonchev–Trinajstić information content (AvgIpc) is 3.36. The first kappa shape index (κ1) is 23.8. The topological polar surface area (TPSA) is 77.2 Å². The van der Waals surface area contributed by atoms with Crippen molar-refractivity contribution >= 4 is 46.7 Å². The van der Waals surface area contributed by atoms with Gasteiger partial charge in [0, 0.05) is 43.0 Å². The number of para-hydroxylation sites is 2. The maximum absolute atomic E-state index is 11.3. The minimum absolute atomic E-state index is 0.0621. The van der Waals surface area contributed by atoms with Gasteiger partial charge in [0.2, 0.25) is 12.2 Å². The molecular formula is C28H27N3O4S. The molecule has 2 heterocycles. The standard InChI is InChI=1S/C28H27N3O4S/c32-20-29-14-16-30(17-15-29)24-8-4-5-9-25(24)31(13-12-21-6-2-1-3-7-21)36-23-10-11-26-22(18-23)19-27(35-26)28(33)34/h1-11,18-20H,12-17H2,(H,33,34). The van der Waals surface area contributed by atoms with Gasteiger partial charge in [-0.3, -0.25) is 4.79 Å². The monoisotopic (exact) mass is 501 g/mol. The van der Waals surface area contributed by atoms with Crippen LogP contribution in [-0.4, -0.2) is 55.1 Å². The Morgan fingerprint density at radius 3 is 2.47 bits per heavy atom. The summed E-state index contributed by atoms with van der Waals surface area (Å²) in [5, 5.41) is 10.0. The number of anilines is 2. The van der Waals surface area contributed by atoms with Crippen LogP contribution in [0, 0.1) is 0 Å². The van der Waals surface area contributed by atoms with E-state index in [4.69, 9.17) is 4.42 Å². The molecule has 1 saturated heterocycles. The van der Waals surface area contributed by atoms with Crippen LogP contribution in [0.4, 0.5) is 11.4 Å². The maximum atomic E-state index is 11.3. The van der Waals surface area contributed by atoms with E-state index in [1.165, 1.54) is 5.56 Å². The number of amides is 1. The zero-order chi connectivity index (χ0) is 24.9. The summed E-state index contributed by atoms with van der Waals surface area (Å²) < 4.78 is 7.74. The highest BCUT2D eigenvalue weighted by Gasteiger charge is 2.21. The summed E-state index contributed by atoms with van der Waals surface area (Å²) in [6.45, 7) is 3.76. The lowest BCUT2D eigenvalue weighted by Gasteiger charge is -2.37. The van der Waals surface area contributed by atoms with Crippen molar-refractivity contribution in [3.8, 4) is 0 Å². The van der Waals surface area contributed by atoms with Crippen LogP contribution in [0.5, 0.6) is 0 Å². The lowest BCUT2D eigenvalue weighted by molar-refractivity contribution is -0.118. The van der Waals surface area contributed by atoms with E-state index in [1.807, 2.05) is 29.2 Å². The van der Waals surface area contributed by atoms with Gasteiger partial charge in [-0.05, 0) is 60.3 Å². The highest BCUT2D eigenvalue weighted by Crippen LogP contribution is 2.38. The van der Waals surface area contributed by atoms with Gasteiger partial charge >= 0.3 is 5.97 Å². The number of aromatic carboxylic acids is 1. The van der Waals surface area contributed by atoms with Crippen molar-refractivity contribution < 1.29 is 19.1 Å². The number of hydrogen-bond donors (Lipinski definition) is 1. The first-order chi connectivity index (χ1) is 17.6. The third-order valence-electron chi connectivity index (χ3n) is 6.31. The van der Waals surface area contributed by atoms with Crippen molar-refractivity contribution in [3.05, 3.63) is 90.2 Å². The first-order valence-electron chi connectivity index (χ1n) is 11.9. The molecule has 1 N–H and O–H groups in total. The molecule has 1 aliphatic heterocycles. The van der Waals surface area contributed by atoms with Crippen molar-refractivity contribution in [3.63, 3.8) is 0 Å². The number of fused-ring (bicyclic) bond motifs is 1. The summed E-state index contributed by atoms with van der Waals surface area (Å²) in [6, 6.07) is 26.1. The van der Waals surface area contributed by atoms with Crippen molar-refractivity contribution in [2.75, 3.05) is 41.9 Å². The molecule has 1 fully saturated rings. The first-order valence-corrected chi connectivity index (χ1v) is 12.7. The predicted octanol–water partition coefficient (Wildman–Crippen LogP) is 5.17. The summed E-state index contributed by atoms with van der Waals surface area (Å²) in [7, 11) is 0. The molecule has 0 atom stereocenters. The molecule has 3 aromatic carbocycles. The number of carbonyl (C=O) groups is 2. The van der Waals surface area contributed by atoms with E-state index in [0.717, 1.165) is 54.1 Å². The van der Waals surface area contributed by atoms with Gasteiger partial charge in [-0.1, -0.05) is 42.5 Å². The number of carbonyl (C=O) groups excluding carboxylic acids is 1. The molecule has 0 spiro atoms. The highest BCUT2D eigenvalue weighted by molar-refractivity contribution is 8.00.